The summed E-state index contributed by atoms with van der Waals surface area (Å²) in [5.41, 5.74) is 3.36. The monoisotopic (exact) mass is 228 g/mol. The van der Waals surface area contributed by atoms with Crippen LogP contribution in [0, 0.1) is 13.8 Å². The quantitative estimate of drug-likeness (QED) is 0.870. The van der Waals surface area contributed by atoms with Gasteiger partial charge < -0.3 is 9.84 Å². The zero-order chi connectivity index (χ0) is 12.3. The first kappa shape index (κ1) is 11.7. The van der Waals surface area contributed by atoms with E-state index in [0.29, 0.717) is 0 Å². The standard InChI is InChI=1S/C15H16O2/c1-11-3-6-15(9-12(11)2)17-14-7-4-13(10-16)5-8-14/h3-9,16H,10H2,1-2H3. The van der Waals surface area contributed by atoms with Crippen LogP contribution < -0.4 is 4.74 Å². The molecular formula is C15H16O2. The maximum Gasteiger partial charge on any atom is 0.127 e. The Morgan fingerprint density at radius 2 is 1.53 bits per heavy atom. The molecule has 0 aromatic heterocycles. The van der Waals surface area contributed by atoms with Crippen molar-refractivity contribution in [2.45, 2.75) is 20.5 Å². The second-order valence-corrected chi connectivity index (χ2v) is 4.15. The van der Waals surface area contributed by atoms with Gasteiger partial charge in [0.2, 0.25) is 0 Å². The van der Waals surface area contributed by atoms with E-state index in [-0.39, 0.29) is 6.61 Å². The van der Waals surface area contributed by atoms with Crippen LogP contribution in [0.1, 0.15) is 16.7 Å². The van der Waals surface area contributed by atoms with Gasteiger partial charge in [-0.05, 0) is 54.8 Å². The number of benzene rings is 2. The third-order valence-corrected chi connectivity index (χ3v) is 2.82. The maximum atomic E-state index is 8.94. The van der Waals surface area contributed by atoms with E-state index in [1.807, 2.05) is 42.5 Å². The van der Waals surface area contributed by atoms with E-state index >= 15 is 0 Å². The van der Waals surface area contributed by atoms with Gasteiger partial charge in [0.05, 0.1) is 6.61 Å². The van der Waals surface area contributed by atoms with Crippen LogP contribution in [0.25, 0.3) is 0 Å². The molecule has 2 aromatic rings. The van der Waals surface area contributed by atoms with Crippen LogP contribution in [0.5, 0.6) is 11.5 Å². The number of hydrogen-bond donors (Lipinski definition) is 1. The Morgan fingerprint density at radius 1 is 0.882 bits per heavy atom. The van der Waals surface area contributed by atoms with E-state index in [0.717, 1.165) is 17.1 Å². The van der Waals surface area contributed by atoms with Crippen LogP contribution in [0.15, 0.2) is 42.5 Å². The molecule has 88 valence electrons. The smallest absolute Gasteiger partial charge is 0.127 e. The topological polar surface area (TPSA) is 29.5 Å². The fourth-order valence-corrected chi connectivity index (χ4v) is 1.58. The Labute approximate surface area is 101 Å². The highest BCUT2D eigenvalue weighted by Crippen LogP contribution is 2.23. The van der Waals surface area contributed by atoms with Gasteiger partial charge in [-0.2, -0.15) is 0 Å². The van der Waals surface area contributed by atoms with Crippen LogP contribution in [-0.2, 0) is 6.61 Å². The summed E-state index contributed by atoms with van der Waals surface area (Å²) in [6.07, 6.45) is 0. The molecule has 0 spiro atoms. The highest BCUT2D eigenvalue weighted by atomic mass is 16.5. The molecule has 0 bridgehead atoms. The van der Waals surface area contributed by atoms with Crippen LogP contribution >= 0.6 is 0 Å². The maximum absolute atomic E-state index is 8.94. The lowest BCUT2D eigenvalue weighted by molar-refractivity contribution is 0.281. The second-order valence-electron chi connectivity index (χ2n) is 4.15. The fourth-order valence-electron chi connectivity index (χ4n) is 1.58. The summed E-state index contributed by atoms with van der Waals surface area (Å²) in [7, 11) is 0. The number of hydrogen-bond acceptors (Lipinski definition) is 2. The molecule has 0 amide bonds. The normalized spacial score (nSPS) is 10.3. The molecule has 0 saturated carbocycles. The van der Waals surface area contributed by atoms with Gasteiger partial charge in [-0.15, -0.1) is 0 Å². The summed E-state index contributed by atoms with van der Waals surface area (Å²) >= 11 is 0. The average Bonchev–Trinajstić information content (AvgIpc) is 2.35. The zero-order valence-corrected chi connectivity index (χ0v) is 10.1. The van der Waals surface area contributed by atoms with Crippen LogP contribution in [0.3, 0.4) is 0 Å². The number of rotatable bonds is 3. The Bertz CT molecular complexity index is 501. The molecule has 0 aliphatic rings. The van der Waals surface area contributed by atoms with Gasteiger partial charge in [0.15, 0.2) is 0 Å². The van der Waals surface area contributed by atoms with Crippen LogP contribution in [0.4, 0.5) is 0 Å². The fraction of sp³-hybridized carbons (Fsp3) is 0.200. The molecule has 0 aliphatic heterocycles. The zero-order valence-electron chi connectivity index (χ0n) is 10.1. The third kappa shape index (κ3) is 2.86. The van der Waals surface area contributed by atoms with Gasteiger partial charge in [0.25, 0.3) is 0 Å². The van der Waals surface area contributed by atoms with E-state index in [1.165, 1.54) is 11.1 Å². The van der Waals surface area contributed by atoms with E-state index in [1.54, 1.807) is 0 Å². The molecule has 1 N–H and O–H groups in total. The van der Waals surface area contributed by atoms with E-state index in [9.17, 15) is 0 Å². The average molecular weight is 228 g/mol. The molecule has 0 fully saturated rings. The predicted octanol–water partition coefficient (Wildman–Crippen LogP) is 3.59. The van der Waals surface area contributed by atoms with E-state index in [4.69, 9.17) is 9.84 Å². The Balaban J connectivity index is 2.16. The highest BCUT2D eigenvalue weighted by Gasteiger charge is 1.99. The second kappa shape index (κ2) is 5.02. The molecule has 17 heavy (non-hydrogen) atoms. The Kier molecular flexibility index (Phi) is 3.45. The summed E-state index contributed by atoms with van der Waals surface area (Å²) in [5, 5.41) is 8.94. The van der Waals surface area contributed by atoms with Crippen molar-refractivity contribution in [3.63, 3.8) is 0 Å². The molecule has 0 unspecified atom stereocenters. The van der Waals surface area contributed by atoms with Crippen molar-refractivity contribution in [2.75, 3.05) is 0 Å². The Morgan fingerprint density at radius 3 is 2.12 bits per heavy atom. The lowest BCUT2D eigenvalue weighted by atomic mass is 10.1. The van der Waals surface area contributed by atoms with Gasteiger partial charge in [0, 0.05) is 0 Å². The largest absolute Gasteiger partial charge is 0.457 e. The van der Waals surface area contributed by atoms with E-state index in [2.05, 4.69) is 13.8 Å². The number of ether oxygens (including phenoxy) is 1. The van der Waals surface area contributed by atoms with Crippen LogP contribution in [-0.4, -0.2) is 5.11 Å². The minimum Gasteiger partial charge on any atom is -0.457 e. The predicted molar refractivity (Wildman–Crippen MR) is 68.4 cm³/mol. The molecule has 0 heterocycles. The van der Waals surface area contributed by atoms with Crippen molar-refractivity contribution in [1.82, 2.24) is 0 Å². The van der Waals surface area contributed by atoms with Gasteiger partial charge >= 0.3 is 0 Å². The first-order valence-electron chi connectivity index (χ1n) is 5.64. The number of aliphatic hydroxyl groups excluding tert-OH is 1. The van der Waals surface area contributed by atoms with Gasteiger partial charge in [0.1, 0.15) is 11.5 Å². The minimum absolute atomic E-state index is 0.0594. The molecule has 0 atom stereocenters. The summed E-state index contributed by atoms with van der Waals surface area (Å²) in [4.78, 5) is 0. The van der Waals surface area contributed by atoms with Crippen LogP contribution in [0.2, 0.25) is 0 Å². The molecule has 2 nitrogen and oxygen atoms in total. The molecule has 2 aromatic carbocycles. The summed E-state index contributed by atoms with van der Waals surface area (Å²) in [6, 6.07) is 13.5. The molecule has 2 rings (SSSR count). The van der Waals surface area contributed by atoms with Crippen molar-refractivity contribution in [3.05, 3.63) is 59.2 Å². The van der Waals surface area contributed by atoms with Gasteiger partial charge in [-0.25, -0.2) is 0 Å². The molecular weight excluding hydrogens is 212 g/mol. The molecule has 0 aliphatic carbocycles. The van der Waals surface area contributed by atoms with Crippen molar-refractivity contribution < 1.29 is 9.84 Å². The first-order chi connectivity index (χ1) is 8.19. The molecule has 0 saturated heterocycles. The van der Waals surface area contributed by atoms with Crippen molar-refractivity contribution in [2.24, 2.45) is 0 Å². The third-order valence-electron chi connectivity index (χ3n) is 2.82. The lowest BCUT2D eigenvalue weighted by Crippen LogP contribution is -1.88. The van der Waals surface area contributed by atoms with Crippen molar-refractivity contribution in [3.8, 4) is 11.5 Å². The van der Waals surface area contributed by atoms with E-state index < -0.39 is 0 Å². The summed E-state index contributed by atoms with van der Waals surface area (Å²) in [6.45, 7) is 4.20. The highest BCUT2D eigenvalue weighted by molar-refractivity contribution is 5.37. The van der Waals surface area contributed by atoms with Gasteiger partial charge in [-0.3, -0.25) is 0 Å². The number of aryl methyl sites for hydroxylation is 2. The SMILES string of the molecule is Cc1ccc(Oc2ccc(CO)cc2)cc1C. The Hall–Kier alpha value is -1.80. The number of aliphatic hydroxyl groups is 1. The minimum atomic E-state index is 0.0594. The first-order valence-corrected chi connectivity index (χ1v) is 5.64. The van der Waals surface area contributed by atoms with Crippen molar-refractivity contribution >= 4 is 0 Å². The molecule has 0 radical (unpaired) electrons. The summed E-state index contributed by atoms with van der Waals surface area (Å²) in [5.74, 6) is 1.62. The summed E-state index contributed by atoms with van der Waals surface area (Å²) < 4.78 is 5.73. The van der Waals surface area contributed by atoms with Crippen molar-refractivity contribution in [1.29, 1.82) is 0 Å². The molecule has 2 heteroatoms. The van der Waals surface area contributed by atoms with Gasteiger partial charge in [-0.1, -0.05) is 18.2 Å². The lowest BCUT2D eigenvalue weighted by Gasteiger charge is -2.08.